The van der Waals surface area contributed by atoms with Crippen molar-refractivity contribution in [2.24, 2.45) is 0 Å². The van der Waals surface area contributed by atoms with Crippen LogP contribution in [0.2, 0.25) is 0 Å². The highest BCUT2D eigenvalue weighted by molar-refractivity contribution is 5.20. The first-order valence-electron chi connectivity index (χ1n) is 6.99. The van der Waals surface area contributed by atoms with Gasteiger partial charge in [-0.05, 0) is 37.9 Å². The van der Waals surface area contributed by atoms with Crippen molar-refractivity contribution in [3.05, 3.63) is 30.3 Å². The van der Waals surface area contributed by atoms with Crippen molar-refractivity contribution in [2.45, 2.75) is 44.8 Å². The largest absolute Gasteiger partial charge is 0.492 e. The van der Waals surface area contributed by atoms with Crippen LogP contribution in [0.25, 0.3) is 0 Å². The molecule has 0 heterocycles. The fourth-order valence-electron chi connectivity index (χ4n) is 1.86. The van der Waals surface area contributed by atoms with Crippen LogP contribution in [-0.2, 0) is 0 Å². The highest BCUT2D eigenvalue weighted by atomic mass is 19.4. The highest BCUT2D eigenvalue weighted by Crippen LogP contribution is 2.22. The number of nitrogens with one attached hydrogen (secondary N) is 1. The van der Waals surface area contributed by atoms with E-state index in [1.54, 1.807) is 0 Å². The Labute approximate surface area is 118 Å². The van der Waals surface area contributed by atoms with Crippen molar-refractivity contribution in [3.8, 4) is 5.75 Å². The van der Waals surface area contributed by atoms with Gasteiger partial charge in [0.05, 0.1) is 0 Å². The van der Waals surface area contributed by atoms with Crippen LogP contribution in [0.15, 0.2) is 30.3 Å². The van der Waals surface area contributed by atoms with Gasteiger partial charge in [0.15, 0.2) is 0 Å². The molecule has 5 heteroatoms. The molecule has 1 aromatic rings. The molecular formula is C15H22F3NO. The summed E-state index contributed by atoms with van der Waals surface area (Å²) in [6, 6.07) is 9.26. The normalized spacial score (nSPS) is 13.2. The summed E-state index contributed by atoms with van der Waals surface area (Å²) in [6.45, 7) is 3.20. The van der Waals surface area contributed by atoms with Gasteiger partial charge in [-0.3, -0.25) is 0 Å². The molecule has 1 rings (SSSR count). The second-order valence-corrected chi connectivity index (χ2v) is 4.78. The average Bonchev–Trinajstić information content (AvgIpc) is 2.41. The van der Waals surface area contributed by atoms with E-state index in [4.69, 9.17) is 4.74 Å². The molecule has 0 spiro atoms. The Kier molecular flexibility index (Phi) is 7.44. The number of halogens is 3. The minimum atomic E-state index is -4.07. The van der Waals surface area contributed by atoms with Gasteiger partial charge >= 0.3 is 6.18 Å². The third kappa shape index (κ3) is 8.04. The maximum Gasteiger partial charge on any atom is 0.389 e. The highest BCUT2D eigenvalue weighted by Gasteiger charge is 2.26. The lowest BCUT2D eigenvalue weighted by Crippen LogP contribution is -2.35. The van der Waals surface area contributed by atoms with Crippen molar-refractivity contribution in [1.29, 1.82) is 0 Å². The molecule has 20 heavy (non-hydrogen) atoms. The molecule has 0 saturated carbocycles. The number of benzene rings is 1. The first kappa shape index (κ1) is 16.8. The molecule has 0 saturated heterocycles. The SMILES string of the molecule is CCCNC(CCCC(F)(F)F)COc1ccccc1. The fourth-order valence-corrected chi connectivity index (χ4v) is 1.86. The Hall–Kier alpha value is -1.23. The van der Waals surface area contributed by atoms with Gasteiger partial charge in [-0.1, -0.05) is 25.1 Å². The van der Waals surface area contributed by atoms with Gasteiger partial charge in [0.2, 0.25) is 0 Å². The molecule has 114 valence electrons. The summed E-state index contributed by atoms with van der Waals surface area (Å²) >= 11 is 0. The zero-order chi connectivity index (χ0) is 14.8. The maximum atomic E-state index is 12.2. The van der Waals surface area contributed by atoms with Gasteiger partial charge in [-0.25, -0.2) is 0 Å². The summed E-state index contributed by atoms with van der Waals surface area (Å²) < 4.78 is 42.1. The summed E-state index contributed by atoms with van der Waals surface area (Å²) in [5, 5.41) is 3.23. The van der Waals surface area contributed by atoms with Crippen LogP contribution in [-0.4, -0.2) is 25.4 Å². The van der Waals surface area contributed by atoms with Crippen LogP contribution in [0, 0.1) is 0 Å². The van der Waals surface area contributed by atoms with Gasteiger partial charge in [0.25, 0.3) is 0 Å². The van der Waals surface area contributed by atoms with E-state index in [0.29, 0.717) is 13.0 Å². The average molecular weight is 289 g/mol. The molecule has 1 unspecified atom stereocenters. The number of alkyl halides is 3. The minimum Gasteiger partial charge on any atom is -0.492 e. The molecule has 1 aromatic carbocycles. The van der Waals surface area contributed by atoms with Crippen molar-refractivity contribution in [2.75, 3.05) is 13.2 Å². The molecule has 0 fully saturated rings. The molecule has 0 aliphatic carbocycles. The van der Waals surface area contributed by atoms with Crippen LogP contribution in [0.4, 0.5) is 13.2 Å². The molecule has 2 nitrogen and oxygen atoms in total. The lowest BCUT2D eigenvalue weighted by molar-refractivity contribution is -0.135. The first-order chi connectivity index (χ1) is 9.51. The third-order valence-electron chi connectivity index (χ3n) is 2.89. The van der Waals surface area contributed by atoms with E-state index in [1.165, 1.54) is 0 Å². The zero-order valence-electron chi connectivity index (χ0n) is 11.7. The minimum absolute atomic E-state index is 0.0440. The summed E-state index contributed by atoms with van der Waals surface area (Å²) in [5.41, 5.74) is 0. The fraction of sp³-hybridized carbons (Fsp3) is 0.600. The molecule has 0 aliphatic heterocycles. The number of hydrogen-bond donors (Lipinski definition) is 1. The van der Waals surface area contributed by atoms with Crippen LogP contribution < -0.4 is 10.1 Å². The molecule has 1 atom stereocenters. The maximum absolute atomic E-state index is 12.2. The molecule has 1 N–H and O–H groups in total. The van der Waals surface area contributed by atoms with E-state index < -0.39 is 12.6 Å². The first-order valence-corrected chi connectivity index (χ1v) is 6.99. The molecule has 0 amide bonds. The van der Waals surface area contributed by atoms with E-state index in [0.717, 1.165) is 18.7 Å². The molecule has 0 aliphatic rings. The Morgan fingerprint density at radius 1 is 1.20 bits per heavy atom. The summed E-state index contributed by atoms with van der Waals surface area (Å²) in [4.78, 5) is 0. The van der Waals surface area contributed by atoms with Gasteiger partial charge in [0.1, 0.15) is 12.4 Å². The molecule has 0 bridgehead atoms. The smallest absolute Gasteiger partial charge is 0.389 e. The van der Waals surface area contributed by atoms with E-state index in [1.807, 2.05) is 37.3 Å². The molecular weight excluding hydrogens is 267 g/mol. The lowest BCUT2D eigenvalue weighted by atomic mass is 10.1. The lowest BCUT2D eigenvalue weighted by Gasteiger charge is -2.19. The quantitative estimate of drug-likeness (QED) is 0.737. The second-order valence-electron chi connectivity index (χ2n) is 4.78. The van der Waals surface area contributed by atoms with Crippen molar-refractivity contribution < 1.29 is 17.9 Å². The van der Waals surface area contributed by atoms with Crippen molar-refractivity contribution >= 4 is 0 Å². The predicted octanol–water partition coefficient (Wildman–Crippen LogP) is 4.17. The van der Waals surface area contributed by atoms with Gasteiger partial charge in [-0.2, -0.15) is 13.2 Å². The van der Waals surface area contributed by atoms with Crippen LogP contribution in [0.3, 0.4) is 0 Å². The van der Waals surface area contributed by atoms with Crippen LogP contribution >= 0.6 is 0 Å². The van der Waals surface area contributed by atoms with E-state index >= 15 is 0 Å². The zero-order valence-corrected chi connectivity index (χ0v) is 11.7. The monoisotopic (exact) mass is 289 g/mol. The number of rotatable bonds is 9. The van der Waals surface area contributed by atoms with Gasteiger partial charge < -0.3 is 10.1 Å². The van der Waals surface area contributed by atoms with Crippen molar-refractivity contribution in [1.82, 2.24) is 5.32 Å². The topological polar surface area (TPSA) is 21.3 Å². The van der Waals surface area contributed by atoms with E-state index in [-0.39, 0.29) is 12.5 Å². The summed E-state index contributed by atoms with van der Waals surface area (Å²) in [5.74, 6) is 0.742. The molecule has 0 aromatic heterocycles. The number of ether oxygens (including phenoxy) is 1. The van der Waals surface area contributed by atoms with Gasteiger partial charge in [-0.15, -0.1) is 0 Å². The standard InChI is InChI=1S/C15H22F3NO/c1-2-11-19-13(7-6-10-15(16,17)18)12-20-14-8-4-3-5-9-14/h3-5,8-9,13,19H,2,6-7,10-12H2,1H3. The Bertz CT molecular complexity index is 354. The third-order valence-corrected chi connectivity index (χ3v) is 2.89. The van der Waals surface area contributed by atoms with Crippen LogP contribution in [0.5, 0.6) is 5.75 Å². The summed E-state index contributed by atoms with van der Waals surface area (Å²) in [7, 11) is 0. The predicted molar refractivity (Wildman–Crippen MR) is 73.9 cm³/mol. The van der Waals surface area contributed by atoms with E-state index in [9.17, 15) is 13.2 Å². The summed E-state index contributed by atoms with van der Waals surface area (Å²) in [6.07, 6.45) is -3.27. The Balaban J connectivity index is 2.35. The Morgan fingerprint density at radius 3 is 2.50 bits per heavy atom. The Morgan fingerprint density at radius 2 is 1.90 bits per heavy atom. The van der Waals surface area contributed by atoms with Crippen molar-refractivity contribution in [3.63, 3.8) is 0 Å². The molecule has 0 radical (unpaired) electrons. The van der Waals surface area contributed by atoms with E-state index in [2.05, 4.69) is 5.32 Å². The van der Waals surface area contributed by atoms with Crippen LogP contribution in [0.1, 0.15) is 32.6 Å². The number of para-hydroxylation sites is 1. The second kappa shape index (κ2) is 8.84. The number of hydrogen-bond acceptors (Lipinski definition) is 2. The van der Waals surface area contributed by atoms with Gasteiger partial charge in [0, 0.05) is 12.5 Å².